The van der Waals surface area contributed by atoms with Gasteiger partial charge in [-0.1, -0.05) is 11.6 Å². The van der Waals surface area contributed by atoms with Crippen LogP contribution in [0.3, 0.4) is 0 Å². The van der Waals surface area contributed by atoms with Gasteiger partial charge in [0.15, 0.2) is 6.21 Å². The molecule has 0 radical (unpaired) electrons. The van der Waals surface area contributed by atoms with Crippen LogP contribution in [0.2, 0.25) is 0 Å². The summed E-state index contributed by atoms with van der Waals surface area (Å²) in [6.45, 7) is 8.24. The molecule has 2 bridgehead atoms. The van der Waals surface area contributed by atoms with Crippen molar-refractivity contribution >= 4 is 29.4 Å². The second-order valence-electron chi connectivity index (χ2n) is 14.0. The van der Waals surface area contributed by atoms with Gasteiger partial charge in [-0.15, -0.1) is 0 Å². The third kappa shape index (κ3) is 7.53. The molecule has 1 amide bonds. The normalized spacial score (nSPS) is 19.2. The highest BCUT2D eigenvalue weighted by molar-refractivity contribution is 6.04. The minimum atomic E-state index is -1.04. The smallest absolute Gasteiger partial charge is 0.336 e. The van der Waals surface area contributed by atoms with Gasteiger partial charge in [-0.3, -0.25) is 4.79 Å². The number of hydrogen-bond donors (Lipinski definition) is 4. The van der Waals surface area contributed by atoms with Crippen LogP contribution in [0, 0.1) is 0 Å². The maximum Gasteiger partial charge on any atom is 0.336 e. The number of carbonyl (C=O) groups is 2. The van der Waals surface area contributed by atoms with Gasteiger partial charge < -0.3 is 34.7 Å². The van der Waals surface area contributed by atoms with Crippen molar-refractivity contribution < 1.29 is 38.7 Å². The number of benzene rings is 2. The molecule has 0 aliphatic carbocycles. The van der Waals surface area contributed by atoms with Crippen LogP contribution in [0.5, 0.6) is 5.75 Å². The van der Waals surface area contributed by atoms with E-state index in [9.17, 15) is 14.7 Å². The van der Waals surface area contributed by atoms with Crippen LogP contribution in [0.25, 0.3) is 5.57 Å². The highest BCUT2D eigenvalue weighted by Crippen LogP contribution is 2.51. The fourth-order valence-electron chi connectivity index (χ4n) is 8.12. The number of hydroxylamine groups is 1. The summed E-state index contributed by atoms with van der Waals surface area (Å²) in [7, 11) is 0. The van der Waals surface area contributed by atoms with Gasteiger partial charge in [-0.05, 0) is 80.8 Å². The number of nitrogens with zero attached hydrogens (tertiary/aromatic N) is 2. The Hall–Kier alpha value is -4.29. The SMILES string of the molecule is C/C1=C\C2=C(c3cc(C(=O)NCCOCCOCCNO)ccc3C(=O)O)c3cc4c5c(c3OC2=C2C=[N+](CCC2)CCC1)CCCN5CCC4. The van der Waals surface area contributed by atoms with Gasteiger partial charge in [0, 0.05) is 72.5 Å². The third-order valence-electron chi connectivity index (χ3n) is 10.4. The van der Waals surface area contributed by atoms with Crippen LogP contribution >= 0.6 is 0 Å². The second kappa shape index (κ2) is 15.9. The highest BCUT2D eigenvalue weighted by atomic mass is 16.5. The molecule has 0 fully saturated rings. The number of nitrogens with one attached hydrogen (secondary N) is 2. The maximum atomic E-state index is 13.6. The van der Waals surface area contributed by atoms with E-state index in [2.05, 4.69) is 40.1 Å². The molecule has 5 heterocycles. The monoisotopic (exact) mass is 697 g/mol. The van der Waals surface area contributed by atoms with Gasteiger partial charge >= 0.3 is 5.97 Å². The molecule has 0 spiro atoms. The lowest BCUT2D eigenvalue weighted by Gasteiger charge is -2.40. The molecule has 0 saturated carbocycles. The minimum Gasteiger partial charge on any atom is -0.478 e. The van der Waals surface area contributed by atoms with E-state index in [4.69, 9.17) is 19.4 Å². The van der Waals surface area contributed by atoms with Crippen molar-refractivity contribution in [3.05, 3.63) is 86.2 Å². The van der Waals surface area contributed by atoms with Crippen LogP contribution in [0.4, 0.5) is 5.69 Å². The van der Waals surface area contributed by atoms with Gasteiger partial charge in [-0.25, -0.2) is 14.9 Å². The average molecular weight is 698 g/mol. The van der Waals surface area contributed by atoms with Crippen molar-refractivity contribution in [2.45, 2.75) is 58.3 Å². The first-order valence-corrected chi connectivity index (χ1v) is 18.5. The van der Waals surface area contributed by atoms with Crippen molar-refractivity contribution in [3.8, 4) is 5.75 Å². The molecule has 5 aliphatic heterocycles. The zero-order chi connectivity index (χ0) is 35.3. The van der Waals surface area contributed by atoms with Gasteiger partial charge in [-0.2, -0.15) is 0 Å². The quantitative estimate of drug-likeness (QED) is 0.139. The molecule has 0 atom stereocenters. The van der Waals surface area contributed by atoms with Crippen molar-refractivity contribution in [2.75, 3.05) is 70.6 Å². The number of amides is 1. The van der Waals surface area contributed by atoms with E-state index in [0.29, 0.717) is 44.1 Å². The fraction of sp³-hybridized carbons (Fsp3) is 0.475. The lowest BCUT2D eigenvalue weighted by Crippen LogP contribution is -2.35. The number of anilines is 1. The van der Waals surface area contributed by atoms with Crippen LogP contribution < -0.4 is 20.4 Å². The van der Waals surface area contributed by atoms with Gasteiger partial charge in [0.1, 0.15) is 24.6 Å². The van der Waals surface area contributed by atoms with Crippen LogP contribution in [0.15, 0.2) is 52.8 Å². The molecule has 11 nitrogen and oxygen atoms in total. The molecule has 0 saturated heterocycles. The molecule has 0 aromatic heterocycles. The molecule has 0 unspecified atom stereocenters. The fourth-order valence-corrected chi connectivity index (χ4v) is 8.12. The Morgan fingerprint density at radius 1 is 0.922 bits per heavy atom. The van der Waals surface area contributed by atoms with Crippen LogP contribution in [-0.2, 0) is 22.3 Å². The Balaban J connectivity index is 1.34. The molecule has 270 valence electrons. The zero-order valence-electron chi connectivity index (χ0n) is 29.5. The molecule has 51 heavy (non-hydrogen) atoms. The number of aromatic carboxylic acids is 1. The third-order valence-corrected chi connectivity index (χ3v) is 10.4. The Morgan fingerprint density at radius 2 is 1.69 bits per heavy atom. The molecular weight excluding hydrogens is 648 g/mol. The molecule has 4 N–H and O–H groups in total. The summed E-state index contributed by atoms with van der Waals surface area (Å²) in [5, 5.41) is 22.2. The topological polar surface area (TPSA) is 133 Å². The van der Waals surface area contributed by atoms with E-state index in [1.54, 1.807) is 18.2 Å². The Bertz CT molecular complexity index is 1820. The number of rotatable bonds is 12. The van der Waals surface area contributed by atoms with Crippen molar-refractivity contribution in [3.63, 3.8) is 0 Å². The summed E-state index contributed by atoms with van der Waals surface area (Å²) in [5.74, 6) is 0.283. The van der Waals surface area contributed by atoms with E-state index < -0.39 is 5.97 Å². The first-order valence-electron chi connectivity index (χ1n) is 18.5. The maximum absolute atomic E-state index is 13.6. The van der Waals surface area contributed by atoms with Gasteiger partial charge in [0.05, 0.1) is 37.6 Å². The number of aryl methyl sites for hydroxylation is 1. The number of ether oxygens (including phenoxy) is 3. The summed E-state index contributed by atoms with van der Waals surface area (Å²) in [6, 6.07) is 7.14. The highest BCUT2D eigenvalue weighted by Gasteiger charge is 2.37. The first-order chi connectivity index (χ1) is 24.9. The predicted octanol–water partition coefficient (Wildman–Crippen LogP) is 4.89. The minimum absolute atomic E-state index is 0.149. The zero-order valence-corrected chi connectivity index (χ0v) is 29.5. The number of fused-ring (bicyclic) bond motifs is 4. The Labute approximate surface area is 299 Å². The van der Waals surface area contributed by atoms with Crippen LogP contribution in [-0.4, -0.2) is 98.7 Å². The number of allylic oxidation sites excluding steroid dienone is 3. The molecule has 5 aliphatic rings. The first kappa shape index (κ1) is 35.1. The van der Waals surface area contributed by atoms with Crippen LogP contribution in [0.1, 0.15) is 88.4 Å². The Morgan fingerprint density at radius 3 is 2.47 bits per heavy atom. The summed E-state index contributed by atoms with van der Waals surface area (Å²) >= 11 is 0. The van der Waals surface area contributed by atoms with E-state index in [0.717, 1.165) is 111 Å². The summed E-state index contributed by atoms with van der Waals surface area (Å²) in [6.07, 6.45) is 12.3. The molecular formula is C40H49N4O7+. The summed E-state index contributed by atoms with van der Waals surface area (Å²) < 4.78 is 20.5. The average Bonchev–Trinajstić information content (AvgIpc) is 3.13. The summed E-state index contributed by atoms with van der Waals surface area (Å²) in [5.41, 5.74) is 11.8. The van der Waals surface area contributed by atoms with Gasteiger partial charge in [0.2, 0.25) is 0 Å². The number of carboxylic acids is 1. The standard InChI is InChI=1S/C40H48N4O7/c1-26-6-2-14-43-15-3-8-29(25-43)37-33(22-26)35(34-23-27-7-4-16-44-17-5-9-31(36(27)44)38(34)51-37)32-24-28(10-11-30(32)40(46)47)39(45)41-12-18-49-20-21-50-19-13-42-48/h10-11,22-25,42,48H,2-9,12-21H2,1H3,(H-,41,45,46,47)/p+1/b26-22+. The predicted molar refractivity (Wildman–Crippen MR) is 194 cm³/mol. The molecule has 2 aromatic rings. The number of carboxylic acid groups (broad SMARTS) is 1. The largest absolute Gasteiger partial charge is 0.478 e. The van der Waals surface area contributed by atoms with E-state index in [-0.39, 0.29) is 18.0 Å². The van der Waals surface area contributed by atoms with Crippen molar-refractivity contribution in [1.82, 2.24) is 10.8 Å². The van der Waals surface area contributed by atoms with E-state index >= 15 is 0 Å². The Kier molecular flexibility index (Phi) is 11.0. The number of carbonyl (C=O) groups excluding carboxylic acids is 1. The molecule has 2 aromatic carbocycles. The van der Waals surface area contributed by atoms with E-state index in [1.807, 2.05) is 5.48 Å². The van der Waals surface area contributed by atoms with Crippen molar-refractivity contribution in [2.24, 2.45) is 0 Å². The van der Waals surface area contributed by atoms with E-state index in [1.165, 1.54) is 22.4 Å². The molecule has 11 heteroatoms. The lowest BCUT2D eigenvalue weighted by molar-refractivity contribution is -0.526. The number of hydrogen-bond acceptors (Lipinski definition) is 8. The summed E-state index contributed by atoms with van der Waals surface area (Å²) in [4.78, 5) is 29.1. The van der Waals surface area contributed by atoms with Gasteiger partial charge in [0.25, 0.3) is 5.91 Å². The lowest BCUT2D eigenvalue weighted by atomic mass is 9.80. The second-order valence-corrected chi connectivity index (χ2v) is 14.0. The molecule has 7 rings (SSSR count). The van der Waals surface area contributed by atoms with Crippen molar-refractivity contribution in [1.29, 1.82) is 0 Å².